The van der Waals surface area contributed by atoms with Crippen molar-refractivity contribution in [1.29, 1.82) is 0 Å². The molecule has 0 heterocycles. The molecule has 16 nitrogen and oxygen atoms in total. The van der Waals surface area contributed by atoms with Gasteiger partial charge in [0.15, 0.2) is 11.9 Å². The molecule has 0 aromatic rings. The van der Waals surface area contributed by atoms with E-state index in [-0.39, 0.29) is 52.3 Å². The van der Waals surface area contributed by atoms with Crippen molar-refractivity contribution in [3.05, 3.63) is 0 Å². The molecule has 0 radical (unpaired) electrons. The molecular formula is C12H25NaO16. The minimum atomic E-state index is -2.74. The molecule has 0 rings (SSSR count). The molecule has 0 aliphatic rings. The number of aliphatic hydroxyl groups excluding tert-OH is 5. The normalized spacial score (nSPS) is 13.6. The molecule has 0 amide bonds. The maximum atomic E-state index is 10.3. The van der Waals surface area contributed by atoms with E-state index < -0.39 is 67.4 Å². The Kier molecular flexibility index (Phi) is 28.9. The Balaban J connectivity index is -0.0000000803. The smallest absolute Gasteiger partial charge is 0.870 e. The molecule has 0 unspecified atom stereocenters. The number of carbonyl (C=O) groups is 4. The topological polar surface area (TPSA) is 343 Å². The van der Waals surface area contributed by atoms with Crippen molar-refractivity contribution in [2.45, 2.75) is 42.9 Å². The molecule has 0 fully saturated rings. The van der Waals surface area contributed by atoms with Crippen molar-refractivity contribution in [3.63, 3.8) is 0 Å². The third-order valence-corrected chi connectivity index (χ3v) is 2.71. The van der Waals surface area contributed by atoms with E-state index in [1.807, 2.05) is 0 Å². The Morgan fingerprint density at radius 3 is 1.41 bits per heavy atom. The number of carbonyl (C=O) groups excluding carboxylic acids is 1. The van der Waals surface area contributed by atoms with Crippen LogP contribution in [0.3, 0.4) is 0 Å². The van der Waals surface area contributed by atoms with Crippen LogP contribution in [0.25, 0.3) is 0 Å². The number of rotatable bonds is 10. The van der Waals surface area contributed by atoms with Crippen LogP contribution in [0.1, 0.15) is 12.8 Å². The van der Waals surface area contributed by atoms with Gasteiger partial charge in [0.05, 0.1) is 19.4 Å². The summed E-state index contributed by atoms with van der Waals surface area (Å²) < 4.78 is 0. The van der Waals surface area contributed by atoms with Gasteiger partial charge < -0.3 is 67.2 Å². The van der Waals surface area contributed by atoms with Crippen molar-refractivity contribution in [1.82, 2.24) is 0 Å². The van der Waals surface area contributed by atoms with E-state index in [1.165, 1.54) is 0 Å². The van der Waals surface area contributed by atoms with E-state index >= 15 is 0 Å². The Morgan fingerprint density at radius 1 is 0.862 bits per heavy atom. The Morgan fingerprint density at radius 2 is 1.21 bits per heavy atom. The fourth-order valence-electron chi connectivity index (χ4n) is 1.33. The van der Waals surface area contributed by atoms with E-state index in [1.54, 1.807) is 0 Å². The van der Waals surface area contributed by atoms with Crippen LogP contribution in [0.5, 0.6) is 0 Å². The number of hydrogen-bond acceptors (Lipinski definition) is 11. The average molecular weight is 448 g/mol. The van der Waals surface area contributed by atoms with Gasteiger partial charge in [0.2, 0.25) is 0 Å². The molecule has 4 atom stereocenters. The van der Waals surface area contributed by atoms with Gasteiger partial charge >= 0.3 is 47.5 Å². The van der Waals surface area contributed by atoms with Gasteiger partial charge in [0, 0.05) is 0 Å². The summed E-state index contributed by atoms with van der Waals surface area (Å²) in [5.41, 5.74) is -2.74. The molecule has 0 aromatic carbocycles. The number of carboxylic acid groups (broad SMARTS) is 3. The standard InChI is InChI=1S/C6H8O7.C6H12O6.Na.3H2O/c7-3(8)1-6(13,5(11)12)2-4(9)10;7-1-3(9)5(11)6(12)4(10)2-8;;;;/h13H,1-2H2,(H,7,8)(H,9,10)(H,11,12);1,3-6,8-12H,2H2;;3*1H2/q;;+1;;;/p-1/t;3-,4+,5+,6+;;;;/m.0..../s1. The van der Waals surface area contributed by atoms with Crippen LogP contribution in [0, 0.1) is 0 Å². The largest absolute Gasteiger partial charge is 1.00 e. The van der Waals surface area contributed by atoms with Gasteiger partial charge in [-0.3, -0.25) is 9.59 Å². The zero-order chi connectivity index (χ0) is 20.4. The van der Waals surface area contributed by atoms with E-state index in [0.29, 0.717) is 0 Å². The molecule has 0 bridgehead atoms. The van der Waals surface area contributed by atoms with Crippen LogP contribution in [-0.2, 0) is 19.2 Å². The molecule has 0 saturated carbocycles. The van der Waals surface area contributed by atoms with Gasteiger partial charge in [-0.25, -0.2) is 4.79 Å². The molecule has 0 aromatic heterocycles. The first kappa shape index (κ1) is 42.0. The second kappa shape index (κ2) is 20.0. The molecule has 170 valence electrons. The Hall–Kier alpha value is -1.28. The molecule has 0 aliphatic heterocycles. The van der Waals surface area contributed by atoms with Gasteiger partial charge in [0.25, 0.3) is 0 Å². The summed E-state index contributed by atoms with van der Waals surface area (Å²) in [5.74, 6) is -5.02. The number of carboxylic acids is 3. The van der Waals surface area contributed by atoms with Crippen molar-refractivity contribution in [2.75, 3.05) is 6.61 Å². The van der Waals surface area contributed by atoms with Crippen LogP contribution in [0.4, 0.5) is 0 Å². The third-order valence-electron chi connectivity index (χ3n) is 2.71. The van der Waals surface area contributed by atoms with Gasteiger partial charge in [-0.1, -0.05) is 0 Å². The summed E-state index contributed by atoms with van der Waals surface area (Å²) in [6, 6.07) is 0. The zero-order valence-electron chi connectivity index (χ0n) is 15.1. The first-order chi connectivity index (χ1) is 11.3. The minimum absolute atomic E-state index is 0. The maximum Gasteiger partial charge on any atom is 1.00 e. The number of aldehydes is 1. The summed E-state index contributed by atoms with van der Waals surface area (Å²) in [4.78, 5) is 40.4. The molecule has 14 N–H and O–H groups in total. The quantitative estimate of drug-likeness (QED) is 0.111. The summed E-state index contributed by atoms with van der Waals surface area (Å²) in [6.45, 7) is -0.760. The first-order valence-corrected chi connectivity index (χ1v) is 6.50. The Labute approximate surface area is 184 Å². The van der Waals surface area contributed by atoms with E-state index in [2.05, 4.69) is 0 Å². The number of aliphatic carboxylic acids is 3. The van der Waals surface area contributed by atoms with E-state index in [0.717, 1.165) is 0 Å². The van der Waals surface area contributed by atoms with E-state index in [9.17, 15) is 19.2 Å². The van der Waals surface area contributed by atoms with Crippen molar-refractivity contribution in [2.24, 2.45) is 0 Å². The molecule has 0 spiro atoms. The second-order valence-electron chi connectivity index (χ2n) is 4.84. The van der Waals surface area contributed by atoms with E-state index in [4.69, 9.17) is 46.0 Å². The fourth-order valence-corrected chi connectivity index (χ4v) is 1.33. The van der Waals surface area contributed by atoms with Crippen LogP contribution in [-0.4, -0.2) is 123 Å². The van der Waals surface area contributed by atoms with Gasteiger partial charge in [-0.2, -0.15) is 0 Å². The summed E-state index contributed by atoms with van der Waals surface area (Å²) in [5, 5.41) is 77.3. The minimum Gasteiger partial charge on any atom is -0.870 e. The zero-order valence-corrected chi connectivity index (χ0v) is 17.1. The van der Waals surface area contributed by atoms with Gasteiger partial charge in [-0.15, -0.1) is 0 Å². The first-order valence-electron chi connectivity index (χ1n) is 6.50. The second-order valence-corrected chi connectivity index (χ2v) is 4.84. The van der Waals surface area contributed by atoms with Crippen LogP contribution in [0.2, 0.25) is 0 Å². The van der Waals surface area contributed by atoms with Gasteiger partial charge in [0.1, 0.15) is 24.4 Å². The van der Waals surface area contributed by atoms with Crippen molar-refractivity contribution < 1.29 is 111 Å². The van der Waals surface area contributed by atoms with Crippen LogP contribution < -0.4 is 29.6 Å². The summed E-state index contributed by atoms with van der Waals surface area (Å²) in [6.07, 6.45) is -9.13. The van der Waals surface area contributed by atoms with Crippen molar-refractivity contribution >= 4 is 24.2 Å². The van der Waals surface area contributed by atoms with Crippen molar-refractivity contribution in [3.8, 4) is 0 Å². The number of aliphatic hydroxyl groups is 6. The fraction of sp³-hybridized carbons (Fsp3) is 0.667. The predicted molar refractivity (Wildman–Crippen MR) is 83.4 cm³/mol. The van der Waals surface area contributed by atoms with Crippen LogP contribution >= 0.6 is 0 Å². The average Bonchev–Trinajstić information content (AvgIpc) is 2.50. The summed E-state index contributed by atoms with van der Waals surface area (Å²) in [7, 11) is 0. The van der Waals surface area contributed by atoms with Crippen LogP contribution in [0.15, 0.2) is 0 Å². The third kappa shape index (κ3) is 17.3. The number of hydrogen-bond donors (Lipinski definition) is 9. The maximum absolute atomic E-state index is 10.3. The Bertz CT molecular complexity index is 455. The monoisotopic (exact) mass is 448 g/mol. The SMILES string of the molecule is O.O.O=C(O)CC(O)(CC(=O)O)C(=O)O.O=C[C@H](O)[C@@H](O)[C@H](O)[C@H](O)CO.[Na+].[OH-]. The molecule has 0 saturated heterocycles. The molecule has 29 heavy (non-hydrogen) atoms. The molecule has 0 aliphatic carbocycles. The van der Waals surface area contributed by atoms with Gasteiger partial charge in [-0.05, 0) is 0 Å². The molecule has 17 heteroatoms. The molecular weight excluding hydrogens is 423 g/mol. The predicted octanol–water partition coefficient (Wildman–Crippen LogP) is -9.45. The summed E-state index contributed by atoms with van der Waals surface area (Å²) >= 11 is 0.